The Labute approximate surface area is 199 Å². The smallest absolute Gasteiger partial charge is 0.416 e. The molecule has 3 aromatic rings. The molecular formula is C26H25F4NO4. The molecule has 0 aromatic heterocycles. The van der Waals surface area contributed by atoms with Gasteiger partial charge in [-0.25, -0.2) is 9.18 Å². The number of hydrogen-bond donors (Lipinski definition) is 2. The van der Waals surface area contributed by atoms with Crippen LogP contribution >= 0.6 is 0 Å². The molecule has 3 rings (SSSR count). The number of halogens is 4. The molecule has 0 bridgehead atoms. The first-order chi connectivity index (χ1) is 16.3. The highest BCUT2D eigenvalue weighted by Gasteiger charge is 2.36. The van der Waals surface area contributed by atoms with Crippen molar-refractivity contribution in [3.05, 3.63) is 77.1 Å². The van der Waals surface area contributed by atoms with Crippen LogP contribution in [0.15, 0.2) is 54.6 Å². The van der Waals surface area contributed by atoms with Gasteiger partial charge >= 0.3 is 12.1 Å². The maximum Gasteiger partial charge on any atom is 0.416 e. The third kappa shape index (κ3) is 5.72. The van der Waals surface area contributed by atoms with E-state index < -0.39 is 40.9 Å². The van der Waals surface area contributed by atoms with Gasteiger partial charge in [-0.05, 0) is 41.7 Å². The minimum absolute atomic E-state index is 0.00200. The Morgan fingerprint density at radius 3 is 2.23 bits per heavy atom. The van der Waals surface area contributed by atoms with Crippen LogP contribution in [-0.2, 0) is 17.6 Å². The highest BCUT2D eigenvalue weighted by molar-refractivity contribution is 6.05. The summed E-state index contributed by atoms with van der Waals surface area (Å²) in [6.07, 6.45) is -4.00. The number of rotatable bonds is 8. The summed E-state index contributed by atoms with van der Waals surface area (Å²) in [5.74, 6) is -2.49. The lowest BCUT2D eigenvalue weighted by Crippen LogP contribution is -2.50. The molecule has 0 spiro atoms. The fourth-order valence-electron chi connectivity index (χ4n) is 3.58. The van der Waals surface area contributed by atoms with Gasteiger partial charge in [0, 0.05) is 10.8 Å². The van der Waals surface area contributed by atoms with Crippen LogP contribution < -0.4 is 10.1 Å². The average molecular weight is 491 g/mol. The van der Waals surface area contributed by atoms with Gasteiger partial charge in [0.1, 0.15) is 24.2 Å². The van der Waals surface area contributed by atoms with E-state index in [-0.39, 0.29) is 28.7 Å². The summed E-state index contributed by atoms with van der Waals surface area (Å²) >= 11 is 0. The fraction of sp³-hybridized carbons (Fsp3) is 0.308. The van der Waals surface area contributed by atoms with Crippen LogP contribution in [-0.4, -0.2) is 23.0 Å². The molecule has 0 saturated heterocycles. The van der Waals surface area contributed by atoms with Gasteiger partial charge in [-0.3, -0.25) is 4.79 Å². The number of carboxylic acids is 1. The second kappa shape index (κ2) is 9.93. The highest BCUT2D eigenvalue weighted by Crippen LogP contribution is 2.34. The molecule has 9 heteroatoms. The maximum atomic E-state index is 14.4. The SMILES string of the molecule is CCC(C)(C)[C@H](NC(=O)c1ccc2c(F)cccc2c1OCc1ccc(C(F)(F)F)cc1)C(=O)O. The van der Waals surface area contributed by atoms with Gasteiger partial charge in [-0.15, -0.1) is 0 Å². The summed E-state index contributed by atoms with van der Waals surface area (Å²) in [5, 5.41) is 12.6. The Hall–Kier alpha value is -3.62. The van der Waals surface area contributed by atoms with Crippen molar-refractivity contribution in [2.45, 2.75) is 46.0 Å². The first-order valence-electron chi connectivity index (χ1n) is 10.9. The molecule has 1 amide bonds. The summed E-state index contributed by atoms with van der Waals surface area (Å²) in [5.41, 5.74) is -1.20. The highest BCUT2D eigenvalue weighted by atomic mass is 19.4. The zero-order valence-electron chi connectivity index (χ0n) is 19.4. The van der Waals surface area contributed by atoms with Crippen LogP contribution in [0.4, 0.5) is 17.6 Å². The third-order valence-electron chi connectivity index (χ3n) is 6.08. The van der Waals surface area contributed by atoms with Crippen LogP contribution in [0.2, 0.25) is 0 Å². The van der Waals surface area contributed by atoms with Crippen molar-refractivity contribution >= 4 is 22.6 Å². The van der Waals surface area contributed by atoms with E-state index in [0.29, 0.717) is 12.0 Å². The number of carboxylic acid groups (broad SMARTS) is 1. The van der Waals surface area contributed by atoms with E-state index in [4.69, 9.17) is 4.74 Å². The monoisotopic (exact) mass is 491 g/mol. The average Bonchev–Trinajstić information content (AvgIpc) is 2.80. The molecule has 0 unspecified atom stereocenters. The fourth-order valence-corrected chi connectivity index (χ4v) is 3.58. The molecule has 0 radical (unpaired) electrons. The molecule has 2 N–H and O–H groups in total. The molecule has 5 nitrogen and oxygen atoms in total. The number of aliphatic carboxylic acids is 1. The lowest BCUT2D eigenvalue weighted by atomic mass is 9.81. The van der Waals surface area contributed by atoms with Crippen LogP contribution in [0.1, 0.15) is 48.7 Å². The largest absolute Gasteiger partial charge is 0.487 e. The van der Waals surface area contributed by atoms with E-state index in [2.05, 4.69) is 5.32 Å². The quantitative estimate of drug-likeness (QED) is 0.368. The lowest BCUT2D eigenvalue weighted by Gasteiger charge is -2.31. The zero-order valence-corrected chi connectivity index (χ0v) is 19.4. The number of fused-ring (bicyclic) bond motifs is 1. The predicted octanol–water partition coefficient (Wildman–Crippen LogP) is 6.20. The van der Waals surface area contributed by atoms with E-state index >= 15 is 0 Å². The van der Waals surface area contributed by atoms with E-state index in [9.17, 15) is 32.3 Å². The standard InChI is InChI=1S/C26H25F4NO4/c1-4-25(2,3)22(24(33)34)31-23(32)19-13-12-17-18(6-5-7-20(17)27)21(19)35-14-15-8-10-16(11-9-15)26(28,29)30/h5-13,22H,4,14H2,1-3H3,(H,31,32)(H,33,34)/t22-/m1/s1. The number of benzene rings is 3. The molecule has 3 aromatic carbocycles. The Morgan fingerprint density at radius 1 is 1.00 bits per heavy atom. The van der Waals surface area contributed by atoms with Crippen LogP contribution in [0, 0.1) is 11.2 Å². The minimum atomic E-state index is -4.48. The molecule has 1 atom stereocenters. The topological polar surface area (TPSA) is 75.6 Å². The van der Waals surface area contributed by atoms with Gasteiger partial charge in [0.05, 0.1) is 11.1 Å². The maximum absolute atomic E-state index is 14.4. The van der Waals surface area contributed by atoms with Crippen molar-refractivity contribution in [1.82, 2.24) is 5.32 Å². The number of amides is 1. The molecule has 0 aliphatic heterocycles. The number of hydrogen-bond acceptors (Lipinski definition) is 3. The minimum Gasteiger partial charge on any atom is -0.487 e. The van der Waals surface area contributed by atoms with E-state index in [1.165, 1.54) is 36.4 Å². The van der Waals surface area contributed by atoms with Gasteiger partial charge in [0.2, 0.25) is 0 Å². The van der Waals surface area contributed by atoms with Crippen molar-refractivity contribution in [2.24, 2.45) is 5.41 Å². The number of carbonyl (C=O) groups is 2. The van der Waals surface area contributed by atoms with E-state index in [1.54, 1.807) is 26.8 Å². The van der Waals surface area contributed by atoms with Gasteiger partial charge in [0.25, 0.3) is 5.91 Å². The van der Waals surface area contributed by atoms with Crippen molar-refractivity contribution in [1.29, 1.82) is 0 Å². The Bertz CT molecular complexity index is 1240. The second-order valence-electron chi connectivity index (χ2n) is 8.85. The molecule has 186 valence electrons. The van der Waals surface area contributed by atoms with Crippen molar-refractivity contribution in [3.63, 3.8) is 0 Å². The van der Waals surface area contributed by atoms with Crippen LogP contribution in [0.5, 0.6) is 5.75 Å². The molecule has 35 heavy (non-hydrogen) atoms. The predicted molar refractivity (Wildman–Crippen MR) is 123 cm³/mol. The molecule has 0 heterocycles. The van der Waals surface area contributed by atoms with E-state index in [0.717, 1.165) is 12.1 Å². The summed E-state index contributed by atoms with van der Waals surface area (Å²) in [6, 6.07) is 10.1. The van der Waals surface area contributed by atoms with Gasteiger partial charge in [-0.2, -0.15) is 13.2 Å². The Kier molecular flexibility index (Phi) is 7.38. The third-order valence-corrected chi connectivity index (χ3v) is 6.08. The first-order valence-corrected chi connectivity index (χ1v) is 10.9. The molecule has 0 saturated carbocycles. The summed E-state index contributed by atoms with van der Waals surface area (Å²) in [7, 11) is 0. The second-order valence-corrected chi connectivity index (χ2v) is 8.85. The van der Waals surface area contributed by atoms with E-state index in [1.807, 2.05) is 0 Å². The molecule has 0 fully saturated rings. The lowest BCUT2D eigenvalue weighted by molar-refractivity contribution is -0.142. The first kappa shape index (κ1) is 26.0. The van der Waals surface area contributed by atoms with Crippen molar-refractivity contribution in [2.75, 3.05) is 0 Å². The summed E-state index contributed by atoms with van der Waals surface area (Å²) in [6.45, 7) is 5.03. The number of nitrogens with one attached hydrogen (secondary N) is 1. The number of ether oxygens (including phenoxy) is 1. The van der Waals surface area contributed by atoms with Crippen LogP contribution in [0.3, 0.4) is 0 Å². The zero-order chi connectivity index (χ0) is 26.0. The van der Waals surface area contributed by atoms with Crippen LogP contribution in [0.25, 0.3) is 10.8 Å². The number of alkyl halides is 3. The normalized spacial score (nSPS) is 12.9. The van der Waals surface area contributed by atoms with Gasteiger partial charge in [-0.1, -0.05) is 51.1 Å². The molecule has 0 aliphatic rings. The van der Waals surface area contributed by atoms with Crippen molar-refractivity contribution in [3.8, 4) is 5.75 Å². The van der Waals surface area contributed by atoms with Gasteiger partial charge < -0.3 is 15.2 Å². The van der Waals surface area contributed by atoms with Crippen molar-refractivity contribution < 1.29 is 37.0 Å². The van der Waals surface area contributed by atoms with Gasteiger partial charge in [0.15, 0.2) is 0 Å². The summed E-state index contributed by atoms with van der Waals surface area (Å²) < 4.78 is 58.8. The summed E-state index contributed by atoms with van der Waals surface area (Å²) in [4.78, 5) is 25.0. The molecular weight excluding hydrogens is 466 g/mol. The molecule has 0 aliphatic carbocycles. The Balaban J connectivity index is 1.98. The number of carbonyl (C=O) groups excluding carboxylic acids is 1. The Morgan fingerprint density at radius 2 is 1.66 bits per heavy atom.